The number of hydrogen-bond donors (Lipinski definition) is 2. The molecule has 3 rings (SSSR count). The molecule has 3 heterocycles. The van der Waals surface area contributed by atoms with Crippen molar-refractivity contribution in [1.82, 2.24) is 30.3 Å². The minimum atomic E-state index is 0.742. The van der Waals surface area contributed by atoms with E-state index in [9.17, 15) is 0 Å². The van der Waals surface area contributed by atoms with E-state index < -0.39 is 0 Å². The number of rotatable bonds is 5. The van der Waals surface area contributed by atoms with Gasteiger partial charge in [0.1, 0.15) is 0 Å². The first kappa shape index (κ1) is 12.6. The van der Waals surface area contributed by atoms with E-state index in [1.54, 1.807) is 12.4 Å². The van der Waals surface area contributed by atoms with E-state index in [0.717, 1.165) is 35.6 Å². The smallest absolute Gasteiger partial charge is 0.0710 e. The summed E-state index contributed by atoms with van der Waals surface area (Å²) in [5.41, 5.74) is 4.33. The van der Waals surface area contributed by atoms with Crippen LogP contribution in [0.4, 0.5) is 0 Å². The molecule has 0 bridgehead atoms. The number of aryl methyl sites for hydroxylation is 1. The molecule has 6 heteroatoms. The second-order valence-electron chi connectivity index (χ2n) is 4.56. The van der Waals surface area contributed by atoms with Crippen LogP contribution in [0.1, 0.15) is 11.3 Å². The van der Waals surface area contributed by atoms with E-state index >= 15 is 0 Å². The van der Waals surface area contributed by atoms with Crippen LogP contribution < -0.4 is 5.32 Å². The highest BCUT2D eigenvalue weighted by Crippen LogP contribution is 2.19. The number of aromatic nitrogens is 5. The monoisotopic (exact) mass is 268 g/mol. The number of nitrogens with one attached hydrogen (secondary N) is 2. The molecule has 0 atom stereocenters. The summed E-state index contributed by atoms with van der Waals surface area (Å²) in [5, 5.41) is 14.7. The number of aromatic amines is 1. The van der Waals surface area contributed by atoms with Gasteiger partial charge in [-0.25, -0.2) is 0 Å². The Morgan fingerprint density at radius 3 is 2.90 bits per heavy atom. The van der Waals surface area contributed by atoms with Crippen LogP contribution in [-0.2, 0) is 20.1 Å². The van der Waals surface area contributed by atoms with Crippen molar-refractivity contribution in [1.29, 1.82) is 0 Å². The molecule has 0 radical (unpaired) electrons. The second kappa shape index (κ2) is 5.66. The van der Waals surface area contributed by atoms with E-state index in [0.29, 0.717) is 0 Å². The van der Waals surface area contributed by atoms with E-state index in [1.165, 1.54) is 0 Å². The maximum atomic E-state index is 4.15. The van der Waals surface area contributed by atoms with Crippen molar-refractivity contribution < 1.29 is 0 Å². The number of H-pyrrole nitrogens is 1. The van der Waals surface area contributed by atoms with Gasteiger partial charge in [-0.2, -0.15) is 10.2 Å². The van der Waals surface area contributed by atoms with Crippen LogP contribution in [-0.4, -0.2) is 25.0 Å². The Labute approximate surface area is 116 Å². The Kier molecular flexibility index (Phi) is 3.56. The lowest BCUT2D eigenvalue weighted by molar-refractivity contribution is 0.626. The first-order valence-electron chi connectivity index (χ1n) is 6.45. The summed E-state index contributed by atoms with van der Waals surface area (Å²) < 4.78 is 1.87. The van der Waals surface area contributed by atoms with Crippen molar-refractivity contribution in [2.24, 2.45) is 7.05 Å². The molecule has 3 aromatic rings. The lowest BCUT2D eigenvalue weighted by Crippen LogP contribution is -2.15. The topological polar surface area (TPSA) is 71.4 Å². The fourth-order valence-electron chi connectivity index (χ4n) is 2.11. The van der Waals surface area contributed by atoms with E-state index in [2.05, 4.69) is 25.6 Å². The molecule has 0 aliphatic heterocycles. The Balaban J connectivity index is 1.67. The van der Waals surface area contributed by atoms with Gasteiger partial charge in [-0.15, -0.1) is 0 Å². The second-order valence-corrected chi connectivity index (χ2v) is 4.56. The van der Waals surface area contributed by atoms with Crippen molar-refractivity contribution in [2.45, 2.75) is 13.1 Å². The van der Waals surface area contributed by atoms with Crippen molar-refractivity contribution in [3.05, 3.63) is 54.2 Å². The molecule has 0 amide bonds. The minimum Gasteiger partial charge on any atom is -0.307 e. The Hall–Kier alpha value is -2.47. The molecule has 0 aliphatic carbocycles. The van der Waals surface area contributed by atoms with Crippen LogP contribution in [0.3, 0.4) is 0 Å². The highest BCUT2D eigenvalue weighted by atomic mass is 15.3. The largest absolute Gasteiger partial charge is 0.307 e. The van der Waals surface area contributed by atoms with Crippen molar-refractivity contribution >= 4 is 0 Å². The van der Waals surface area contributed by atoms with E-state index in [4.69, 9.17) is 0 Å². The molecule has 0 spiro atoms. The molecule has 0 fully saturated rings. The van der Waals surface area contributed by atoms with Crippen LogP contribution >= 0.6 is 0 Å². The fourth-order valence-corrected chi connectivity index (χ4v) is 2.11. The molecule has 2 N–H and O–H groups in total. The SMILES string of the molecule is Cn1nccc1CNCc1cn[nH]c1-c1cccnc1. The molecule has 20 heavy (non-hydrogen) atoms. The standard InChI is InChI=1S/C14H16N6/c1-20-13(4-6-18-20)10-16-8-12-9-17-19-14(12)11-3-2-5-15-7-11/h2-7,9,16H,8,10H2,1H3,(H,17,19). The molecule has 3 aromatic heterocycles. The number of hydrogen-bond acceptors (Lipinski definition) is 4. The lowest BCUT2D eigenvalue weighted by Gasteiger charge is -2.06. The summed E-state index contributed by atoms with van der Waals surface area (Å²) in [6, 6.07) is 5.94. The Morgan fingerprint density at radius 2 is 2.15 bits per heavy atom. The third kappa shape index (κ3) is 2.60. The normalized spacial score (nSPS) is 10.8. The Bertz CT molecular complexity index is 670. The molecule has 0 saturated carbocycles. The highest BCUT2D eigenvalue weighted by molar-refractivity contribution is 5.61. The van der Waals surface area contributed by atoms with Crippen molar-refractivity contribution in [2.75, 3.05) is 0 Å². The van der Waals surface area contributed by atoms with Gasteiger partial charge in [0.2, 0.25) is 0 Å². The maximum Gasteiger partial charge on any atom is 0.0710 e. The van der Waals surface area contributed by atoms with E-state index in [-0.39, 0.29) is 0 Å². The first-order valence-corrected chi connectivity index (χ1v) is 6.45. The quantitative estimate of drug-likeness (QED) is 0.735. The third-order valence-electron chi connectivity index (χ3n) is 3.21. The highest BCUT2D eigenvalue weighted by Gasteiger charge is 2.07. The van der Waals surface area contributed by atoms with Gasteiger partial charge in [-0.3, -0.25) is 14.8 Å². The van der Waals surface area contributed by atoms with Gasteiger partial charge in [0, 0.05) is 49.9 Å². The molecule has 0 aromatic carbocycles. The summed E-state index contributed by atoms with van der Waals surface area (Å²) in [6.45, 7) is 1.51. The van der Waals surface area contributed by atoms with Gasteiger partial charge in [-0.05, 0) is 18.2 Å². The zero-order valence-corrected chi connectivity index (χ0v) is 11.2. The average Bonchev–Trinajstić information content (AvgIpc) is 3.10. The first-order chi connectivity index (χ1) is 9.84. The van der Waals surface area contributed by atoms with Gasteiger partial charge in [0.15, 0.2) is 0 Å². The summed E-state index contributed by atoms with van der Waals surface area (Å²) in [6.07, 6.45) is 7.24. The molecule has 6 nitrogen and oxygen atoms in total. The fraction of sp³-hybridized carbons (Fsp3) is 0.214. The molecular weight excluding hydrogens is 252 g/mol. The van der Waals surface area contributed by atoms with Gasteiger partial charge in [0.05, 0.1) is 17.6 Å². The van der Waals surface area contributed by atoms with Crippen LogP contribution in [0.2, 0.25) is 0 Å². The van der Waals surface area contributed by atoms with Crippen molar-refractivity contribution in [3.63, 3.8) is 0 Å². The summed E-state index contributed by atoms with van der Waals surface area (Å²) >= 11 is 0. The van der Waals surface area contributed by atoms with Gasteiger partial charge < -0.3 is 5.32 Å². The average molecular weight is 268 g/mol. The minimum absolute atomic E-state index is 0.742. The number of pyridine rings is 1. The van der Waals surface area contributed by atoms with Crippen LogP contribution in [0, 0.1) is 0 Å². The molecule has 102 valence electrons. The third-order valence-corrected chi connectivity index (χ3v) is 3.21. The zero-order valence-electron chi connectivity index (χ0n) is 11.2. The maximum absolute atomic E-state index is 4.15. The molecule has 0 unspecified atom stereocenters. The van der Waals surface area contributed by atoms with E-state index in [1.807, 2.05) is 42.3 Å². The summed E-state index contributed by atoms with van der Waals surface area (Å²) in [7, 11) is 1.94. The predicted molar refractivity (Wildman–Crippen MR) is 75.6 cm³/mol. The summed E-state index contributed by atoms with van der Waals surface area (Å²) in [5.74, 6) is 0. The molecular formula is C14H16N6. The number of nitrogens with zero attached hydrogens (tertiary/aromatic N) is 4. The predicted octanol–water partition coefficient (Wildman–Crippen LogP) is 1.50. The molecule has 0 aliphatic rings. The summed E-state index contributed by atoms with van der Waals surface area (Å²) in [4.78, 5) is 4.13. The van der Waals surface area contributed by atoms with Crippen LogP contribution in [0.25, 0.3) is 11.3 Å². The lowest BCUT2D eigenvalue weighted by atomic mass is 10.1. The van der Waals surface area contributed by atoms with Gasteiger partial charge >= 0.3 is 0 Å². The van der Waals surface area contributed by atoms with Crippen LogP contribution in [0.15, 0.2) is 43.0 Å². The van der Waals surface area contributed by atoms with Crippen molar-refractivity contribution in [3.8, 4) is 11.3 Å². The van der Waals surface area contributed by atoms with Crippen LogP contribution in [0.5, 0.6) is 0 Å². The Morgan fingerprint density at radius 1 is 1.20 bits per heavy atom. The zero-order chi connectivity index (χ0) is 13.8. The van der Waals surface area contributed by atoms with Gasteiger partial charge in [-0.1, -0.05) is 0 Å². The van der Waals surface area contributed by atoms with Gasteiger partial charge in [0.25, 0.3) is 0 Å². The molecule has 0 saturated heterocycles.